The second-order valence-corrected chi connectivity index (χ2v) is 3.96. The summed E-state index contributed by atoms with van der Waals surface area (Å²) in [6.07, 6.45) is 3.30. The molecule has 0 aliphatic heterocycles. The lowest BCUT2D eigenvalue weighted by Gasteiger charge is -1.99. The maximum atomic E-state index is 11.3. The number of nitrogens with zero attached hydrogens (tertiary/aromatic N) is 3. The molecule has 0 aliphatic carbocycles. The number of nitrogens with one attached hydrogen (secondary N) is 1. The molecule has 94 valence electrons. The minimum atomic E-state index is -0.407. The van der Waals surface area contributed by atoms with Gasteiger partial charge in [-0.3, -0.25) is 4.79 Å². The molecule has 1 aromatic carbocycles. The Morgan fingerprint density at radius 2 is 2.00 bits per heavy atom. The molecule has 6 nitrogen and oxygen atoms in total. The number of aromatic nitrogens is 4. The average Bonchev–Trinajstić information content (AvgIpc) is 2.88. The highest BCUT2D eigenvalue weighted by Crippen LogP contribution is 2.16. The van der Waals surface area contributed by atoms with Crippen LogP contribution < -0.4 is 5.56 Å². The highest BCUT2D eigenvalue weighted by Gasteiger charge is 2.07. The molecule has 0 atom stereocenters. The van der Waals surface area contributed by atoms with E-state index in [-0.39, 0.29) is 11.7 Å². The van der Waals surface area contributed by atoms with Crippen LogP contribution in [0.3, 0.4) is 0 Å². The van der Waals surface area contributed by atoms with E-state index >= 15 is 0 Å². The summed E-state index contributed by atoms with van der Waals surface area (Å²) in [5.41, 5.74) is 1.11. The van der Waals surface area contributed by atoms with E-state index in [9.17, 15) is 9.90 Å². The Kier molecular flexibility index (Phi) is 2.60. The molecule has 0 bridgehead atoms. The third kappa shape index (κ3) is 2.23. The predicted molar refractivity (Wildman–Crippen MR) is 69.1 cm³/mol. The first-order valence-corrected chi connectivity index (χ1v) is 5.63. The molecule has 19 heavy (non-hydrogen) atoms. The minimum Gasteiger partial charge on any atom is -0.493 e. The molecule has 0 radical (unpaired) electrons. The molecule has 0 unspecified atom stereocenters. The van der Waals surface area contributed by atoms with Gasteiger partial charge in [-0.1, -0.05) is 18.2 Å². The lowest BCUT2D eigenvalue weighted by atomic mass is 10.3. The number of aromatic amines is 1. The van der Waals surface area contributed by atoms with Gasteiger partial charge in [-0.05, 0) is 12.1 Å². The van der Waals surface area contributed by atoms with Gasteiger partial charge in [0, 0.05) is 6.20 Å². The molecule has 0 saturated carbocycles. The van der Waals surface area contributed by atoms with E-state index in [0.717, 1.165) is 11.8 Å². The standard InChI is InChI=1S/C13H10N4O2/c18-11-6-12(19)16-13(15-11)9-7-14-17(8-9)10-4-2-1-3-5-10/h1-8H,(H2,15,16,18,19). The van der Waals surface area contributed by atoms with Crippen molar-refractivity contribution in [1.82, 2.24) is 19.7 Å². The van der Waals surface area contributed by atoms with Crippen molar-refractivity contribution in [2.24, 2.45) is 0 Å². The number of hydrogen-bond donors (Lipinski definition) is 2. The zero-order chi connectivity index (χ0) is 13.2. The Balaban J connectivity index is 2.04. The van der Waals surface area contributed by atoms with Gasteiger partial charge in [-0.25, -0.2) is 4.68 Å². The van der Waals surface area contributed by atoms with Gasteiger partial charge in [0.1, 0.15) is 5.82 Å². The Morgan fingerprint density at radius 3 is 2.74 bits per heavy atom. The summed E-state index contributed by atoms with van der Waals surface area (Å²) >= 11 is 0. The van der Waals surface area contributed by atoms with Crippen LogP contribution in [0.5, 0.6) is 5.88 Å². The van der Waals surface area contributed by atoms with Crippen molar-refractivity contribution in [2.75, 3.05) is 0 Å². The van der Waals surface area contributed by atoms with E-state index in [1.54, 1.807) is 17.1 Å². The van der Waals surface area contributed by atoms with Crippen LogP contribution in [0.25, 0.3) is 17.1 Å². The molecule has 3 aromatic rings. The maximum absolute atomic E-state index is 11.3. The lowest BCUT2D eigenvalue weighted by Crippen LogP contribution is -2.06. The van der Waals surface area contributed by atoms with Crippen molar-refractivity contribution in [1.29, 1.82) is 0 Å². The van der Waals surface area contributed by atoms with Crippen molar-refractivity contribution in [3.63, 3.8) is 0 Å². The van der Waals surface area contributed by atoms with Crippen LogP contribution in [0.4, 0.5) is 0 Å². The molecular formula is C13H10N4O2. The van der Waals surface area contributed by atoms with Crippen LogP contribution in [0, 0.1) is 0 Å². The molecule has 2 N–H and O–H groups in total. The summed E-state index contributed by atoms with van der Waals surface area (Å²) in [6, 6.07) is 10.6. The summed E-state index contributed by atoms with van der Waals surface area (Å²) in [5, 5.41) is 13.5. The molecule has 0 spiro atoms. The first-order valence-electron chi connectivity index (χ1n) is 5.63. The van der Waals surface area contributed by atoms with Crippen LogP contribution >= 0.6 is 0 Å². The van der Waals surface area contributed by atoms with Gasteiger partial charge in [-0.15, -0.1) is 0 Å². The average molecular weight is 254 g/mol. The van der Waals surface area contributed by atoms with Gasteiger partial charge >= 0.3 is 0 Å². The summed E-state index contributed by atoms with van der Waals surface area (Å²) in [4.78, 5) is 17.7. The molecule has 0 fully saturated rings. The number of hydrogen-bond acceptors (Lipinski definition) is 4. The van der Waals surface area contributed by atoms with Crippen molar-refractivity contribution >= 4 is 0 Å². The molecule has 0 saturated heterocycles. The smallest absolute Gasteiger partial charge is 0.254 e. The van der Waals surface area contributed by atoms with Crippen LogP contribution in [-0.2, 0) is 0 Å². The van der Waals surface area contributed by atoms with Crippen molar-refractivity contribution in [3.05, 3.63) is 59.1 Å². The second-order valence-electron chi connectivity index (χ2n) is 3.96. The van der Waals surface area contributed by atoms with E-state index in [1.807, 2.05) is 30.3 Å². The first kappa shape index (κ1) is 11.2. The quantitative estimate of drug-likeness (QED) is 0.722. The van der Waals surface area contributed by atoms with Gasteiger partial charge < -0.3 is 10.1 Å². The van der Waals surface area contributed by atoms with Gasteiger partial charge in [0.15, 0.2) is 0 Å². The molecule has 3 rings (SSSR count). The fourth-order valence-corrected chi connectivity index (χ4v) is 1.75. The van der Waals surface area contributed by atoms with Crippen molar-refractivity contribution in [3.8, 4) is 23.0 Å². The third-order valence-corrected chi connectivity index (χ3v) is 2.60. The highest BCUT2D eigenvalue weighted by atomic mass is 16.3. The highest BCUT2D eigenvalue weighted by molar-refractivity contribution is 5.53. The molecule has 6 heteroatoms. The topological polar surface area (TPSA) is 83.8 Å². The minimum absolute atomic E-state index is 0.284. The number of benzene rings is 1. The van der Waals surface area contributed by atoms with Crippen LogP contribution in [-0.4, -0.2) is 24.9 Å². The Labute approximate surface area is 108 Å². The van der Waals surface area contributed by atoms with Gasteiger partial charge in [-0.2, -0.15) is 10.1 Å². The number of para-hydroxylation sites is 1. The maximum Gasteiger partial charge on any atom is 0.254 e. The largest absolute Gasteiger partial charge is 0.493 e. The van der Waals surface area contributed by atoms with Crippen LogP contribution in [0.15, 0.2) is 53.6 Å². The van der Waals surface area contributed by atoms with E-state index in [0.29, 0.717) is 5.56 Å². The summed E-state index contributed by atoms with van der Waals surface area (Å²) in [6.45, 7) is 0. The van der Waals surface area contributed by atoms with Gasteiger partial charge in [0.2, 0.25) is 5.88 Å². The zero-order valence-electron chi connectivity index (χ0n) is 9.82. The SMILES string of the molecule is O=c1cc(O)nc(-c2cnn(-c3ccccc3)c2)[nH]1. The first-order chi connectivity index (χ1) is 9.22. The molecule has 2 heterocycles. The number of rotatable bonds is 2. The molecule has 0 amide bonds. The van der Waals surface area contributed by atoms with Crippen LogP contribution in [0.1, 0.15) is 0 Å². The summed E-state index contributed by atoms with van der Waals surface area (Å²) in [7, 11) is 0. The number of H-pyrrole nitrogens is 1. The summed E-state index contributed by atoms with van der Waals surface area (Å²) in [5.74, 6) is -0.0293. The third-order valence-electron chi connectivity index (χ3n) is 2.60. The zero-order valence-corrected chi connectivity index (χ0v) is 9.82. The van der Waals surface area contributed by atoms with Crippen molar-refractivity contribution in [2.45, 2.75) is 0 Å². The van der Waals surface area contributed by atoms with Crippen molar-refractivity contribution < 1.29 is 5.11 Å². The van der Waals surface area contributed by atoms with Gasteiger partial charge in [0.05, 0.1) is 23.5 Å². The van der Waals surface area contributed by atoms with Gasteiger partial charge in [0.25, 0.3) is 5.56 Å². The van der Waals surface area contributed by atoms with E-state index in [4.69, 9.17) is 0 Å². The Morgan fingerprint density at radius 1 is 1.21 bits per heavy atom. The van der Waals surface area contributed by atoms with Crippen LogP contribution in [0.2, 0.25) is 0 Å². The monoisotopic (exact) mass is 254 g/mol. The molecular weight excluding hydrogens is 244 g/mol. The fourth-order valence-electron chi connectivity index (χ4n) is 1.75. The van der Waals surface area contributed by atoms with E-state index < -0.39 is 5.56 Å². The molecule has 0 aliphatic rings. The second kappa shape index (κ2) is 4.41. The molecule has 2 aromatic heterocycles. The normalized spacial score (nSPS) is 10.5. The Bertz CT molecular complexity index is 762. The number of aromatic hydroxyl groups is 1. The Hall–Kier alpha value is -2.89. The predicted octanol–water partition coefficient (Wildman–Crippen LogP) is 1.33. The summed E-state index contributed by atoms with van der Waals surface area (Å²) < 4.78 is 1.67. The fraction of sp³-hybridized carbons (Fsp3) is 0. The van der Waals surface area contributed by atoms with E-state index in [2.05, 4.69) is 15.1 Å². The lowest BCUT2D eigenvalue weighted by molar-refractivity contribution is 0.452. The van der Waals surface area contributed by atoms with E-state index in [1.165, 1.54) is 0 Å².